The summed E-state index contributed by atoms with van der Waals surface area (Å²) in [5.41, 5.74) is 2.53. The van der Waals surface area contributed by atoms with Crippen molar-refractivity contribution in [1.29, 1.82) is 0 Å². The van der Waals surface area contributed by atoms with Crippen molar-refractivity contribution in [1.82, 2.24) is 5.43 Å². The third-order valence-corrected chi connectivity index (χ3v) is 3.68. The normalized spacial score (nSPS) is 18.8. The fourth-order valence-corrected chi connectivity index (χ4v) is 2.56. The lowest BCUT2D eigenvalue weighted by molar-refractivity contribution is 0.0529. The molecular formula is C16H20BrFN2O3. The van der Waals surface area contributed by atoms with E-state index in [1.807, 2.05) is 0 Å². The fraction of sp³-hybridized carbons (Fsp3) is 0.500. The molecule has 1 aromatic carbocycles. The van der Waals surface area contributed by atoms with E-state index in [2.05, 4.69) is 26.5 Å². The first-order valence-electron chi connectivity index (χ1n) is 7.36. The number of hydrogen-bond acceptors (Lipinski definition) is 4. The Morgan fingerprint density at radius 1 is 1.48 bits per heavy atom. The van der Waals surface area contributed by atoms with E-state index in [4.69, 9.17) is 9.47 Å². The summed E-state index contributed by atoms with van der Waals surface area (Å²) in [6.07, 6.45) is 0.0519. The van der Waals surface area contributed by atoms with E-state index >= 15 is 0 Å². The van der Waals surface area contributed by atoms with Crippen LogP contribution in [-0.2, 0) is 9.47 Å². The van der Waals surface area contributed by atoms with Gasteiger partial charge in [0.1, 0.15) is 11.4 Å². The van der Waals surface area contributed by atoms with Crippen LogP contribution in [0.2, 0.25) is 0 Å². The molecule has 0 aliphatic carbocycles. The molecule has 7 heteroatoms. The highest BCUT2D eigenvalue weighted by atomic mass is 79.9. The second-order valence-corrected chi connectivity index (χ2v) is 7.21. The SMILES string of the molecule is CC(C)(C)OC(=O)NN=C(c1ccc(Br)cc1F)C1CCOC1. The summed E-state index contributed by atoms with van der Waals surface area (Å²) >= 11 is 3.23. The molecule has 0 spiro atoms. The van der Waals surface area contributed by atoms with Crippen LogP contribution < -0.4 is 5.43 Å². The Labute approximate surface area is 143 Å². The lowest BCUT2D eigenvalue weighted by Gasteiger charge is -2.19. The molecule has 126 valence electrons. The smallest absolute Gasteiger partial charge is 0.428 e. The van der Waals surface area contributed by atoms with Crippen LogP contribution in [-0.4, -0.2) is 30.6 Å². The second kappa shape index (κ2) is 7.40. The average Bonchev–Trinajstić information content (AvgIpc) is 2.93. The summed E-state index contributed by atoms with van der Waals surface area (Å²) in [5, 5.41) is 4.11. The van der Waals surface area contributed by atoms with Crippen LogP contribution in [0.4, 0.5) is 9.18 Å². The van der Waals surface area contributed by atoms with E-state index in [1.165, 1.54) is 6.07 Å². The number of benzene rings is 1. The maximum atomic E-state index is 14.3. The Balaban J connectivity index is 2.24. The van der Waals surface area contributed by atoms with Crippen molar-refractivity contribution in [2.75, 3.05) is 13.2 Å². The van der Waals surface area contributed by atoms with Gasteiger partial charge in [0.25, 0.3) is 0 Å². The molecular weight excluding hydrogens is 367 g/mol. The quantitative estimate of drug-likeness (QED) is 0.633. The minimum absolute atomic E-state index is 0.0689. The van der Waals surface area contributed by atoms with Gasteiger partial charge in [0, 0.05) is 22.6 Å². The van der Waals surface area contributed by atoms with Crippen molar-refractivity contribution in [3.63, 3.8) is 0 Å². The molecule has 1 saturated heterocycles. The third-order valence-electron chi connectivity index (χ3n) is 3.19. The molecule has 5 nitrogen and oxygen atoms in total. The molecule has 0 aromatic heterocycles. The van der Waals surface area contributed by atoms with Crippen LogP contribution >= 0.6 is 15.9 Å². The van der Waals surface area contributed by atoms with Crippen molar-refractivity contribution < 1.29 is 18.7 Å². The highest BCUT2D eigenvalue weighted by Crippen LogP contribution is 2.23. The van der Waals surface area contributed by atoms with Crippen LogP contribution in [0.1, 0.15) is 32.8 Å². The van der Waals surface area contributed by atoms with Gasteiger partial charge in [-0.25, -0.2) is 14.6 Å². The van der Waals surface area contributed by atoms with E-state index in [0.717, 1.165) is 6.42 Å². The van der Waals surface area contributed by atoms with Gasteiger partial charge in [-0.05, 0) is 45.4 Å². The van der Waals surface area contributed by atoms with E-state index in [-0.39, 0.29) is 5.92 Å². The van der Waals surface area contributed by atoms with Crippen molar-refractivity contribution in [2.45, 2.75) is 32.8 Å². The molecule has 0 saturated carbocycles. The minimum Gasteiger partial charge on any atom is -0.443 e. The summed E-state index contributed by atoms with van der Waals surface area (Å²) in [6, 6.07) is 4.73. The molecule has 1 heterocycles. The molecule has 2 rings (SSSR count). The number of carbonyl (C=O) groups excluding carboxylic acids is 1. The van der Waals surface area contributed by atoms with Crippen LogP contribution in [0.3, 0.4) is 0 Å². The molecule has 0 radical (unpaired) electrons. The van der Waals surface area contributed by atoms with Gasteiger partial charge < -0.3 is 9.47 Å². The Morgan fingerprint density at radius 2 is 2.22 bits per heavy atom. The van der Waals surface area contributed by atoms with Gasteiger partial charge in [-0.15, -0.1) is 0 Å². The summed E-state index contributed by atoms with van der Waals surface area (Å²) in [4.78, 5) is 11.8. The molecule has 23 heavy (non-hydrogen) atoms. The van der Waals surface area contributed by atoms with Gasteiger partial charge in [0.2, 0.25) is 0 Å². The zero-order valence-electron chi connectivity index (χ0n) is 13.4. The predicted molar refractivity (Wildman–Crippen MR) is 88.9 cm³/mol. The van der Waals surface area contributed by atoms with Crippen molar-refractivity contribution >= 4 is 27.7 Å². The monoisotopic (exact) mass is 386 g/mol. The maximum Gasteiger partial charge on any atom is 0.428 e. The standard InChI is InChI=1S/C16H20BrFN2O3/c1-16(2,3)23-15(21)20-19-14(10-6-7-22-9-10)12-5-4-11(17)8-13(12)18/h4-5,8,10H,6-7,9H2,1-3H3,(H,20,21). The molecule has 0 bridgehead atoms. The molecule has 1 aliphatic heterocycles. The number of nitrogens with zero attached hydrogens (tertiary/aromatic N) is 1. The zero-order chi connectivity index (χ0) is 17.0. The van der Waals surface area contributed by atoms with Gasteiger partial charge in [-0.1, -0.05) is 15.9 Å². The predicted octanol–water partition coefficient (Wildman–Crippen LogP) is 3.85. The summed E-state index contributed by atoms with van der Waals surface area (Å²) in [7, 11) is 0. The lowest BCUT2D eigenvalue weighted by Crippen LogP contribution is -2.31. The number of nitrogens with one attached hydrogen (secondary N) is 1. The Kier molecular flexibility index (Phi) is 5.75. The molecule has 1 aromatic rings. The first kappa shape index (κ1) is 17.9. The third kappa shape index (κ3) is 5.28. The summed E-state index contributed by atoms with van der Waals surface area (Å²) in [6.45, 7) is 6.32. The zero-order valence-corrected chi connectivity index (χ0v) is 14.9. The first-order chi connectivity index (χ1) is 10.8. The highest BCUT2D eigenvalue weighted by Gasteiger charge is 2.26. The van der Waals surface area contributed by atoms with Crippen molar-refractivity contribution in [2.24, 2.45) is 11.0 Å². The molecule has 1 amide bonds. The number of rotatable bonds is 3. The van der Waals surface area contributed by atoms with Crippen LogP contribution in [0.25, 0.3) is 0 Å². The molecule has 1 fully saturated rings. The van der Waals surface area contributed by atoms with Gasteiger partial charge in [-0.2, -0.15) is 5.10 Å². The van der Waals surface area contributed by atoms with Crippen LogP contribution in [0.5, 0.6) is 0 Å². The van der Waals surface area contributed by atoms with E-state index in [9.17, 15) is 9.18 Å². The van der Waals surface area contributed by atoms with E-state index in [1.54, 1.807) is 32.9 Å². The van der Waals surface area contributed by atoms with Crippen molar-refractivity contribution in [3.8, 4) is 0 Å². The second-order valence-electron chi connectivity index (χ2n) is 6.30. The topological polar surface area (TPSA) is 59.9 Å². The van der Waals surface area contributed by atoms with Crippen LogP contribution in [0.15, 0.2) is 27.8 Å². The fourth-order valence-electron chi connectivity index (χ4n) is 2.23. The average molecular weight is 387 g/mol. The molecule has 1 atom stereocenters. The number of ether oxygens (including phenoxy) is 2. The largest absolute Gasteiger partial charge is 0.443 e. The van der Waals surface area contributed by atoms with Crippen molar-refractivity contribution in [3.05, 3.63) is 34.1 Å². The minimum atomic E-state index is -0.675. The van der Waals surface area contributed by atoms with Gasteiger partial charge in [0.05, 0.1) is 12.3 Å². The number of hydrogen-bond donors (Lipinski definition) is 1. The van der Waals surface area contributed by atoms with Gasteiger partial charge >= 0.3 is 6.09 Å². The summed E-state index contributed by atoms with van der Waals surface area (Å²) in [5.74, 6) is -0.475. The Morgan fingerprint density at radius 3 is 2.78 bits per heavy atom. The van der Waals surface area contributed by atoms with E-state index in [0.29, 0.717) is 29.0 Å². The summed E-state index contributed by atoms with van der Waals surface area (Å²) < 4.78 is 25.4. The molecule has 1 N–H and O–H groups in total. The van der Waals surface area contributed by atoms with Gasteiger partial charge in [0.15, 0.2) is 0 Å². The van der Waals surface area contributed by atoms with E-state index < -0.39 is 17.5 Å². The Bertz CT molecular complexity index is 608. The lowest BCUT2D eigenvalue weighted by atomic mass is 9.96. The number of carbonyl (C=O) groups is 1. The maximum absolute atomic E-state index is 14.3. The number of halogens is 2. The highest BCUT2D eigenvalue weighted by molar-refractivity contribution is 9.10. The van der Waals surface area contributed by atoms with Crippen LogP contribution in [0, 0.1) is 11.7 Å². The molecule has 1 unspecified atom stereocenters. The first-order valence-corrected chi connectivity index (χ1v) is 8.15. The Hall–Kier alpha value is -1.47. The number of hydrazone groups is 1. The van der Waals surface area contributed by atoms with Gasteiger partial charge in [-0.3, -0.25) is 0 Å². The number of amides is 1. The molecule has 1 aliphatic rings.